The van der Waals surface area contributed by atoms with E-state index in [0.29, 0.717) is 12.5 Å². The highest BCUT2D eigenvalue weighted by molar-refractivity contribution is 5.92. The minimum atomic E-state index is 0.618. The smallest absolute Gasteiger partial charge is 0.225 e. The van der Waals surface area contributed by atoms with E-state index in [1.54, 1.807) is 7.11 Å². The fraction of sp³-hybridized carbons (Fsp3) is 0.364. The standard InChI is InChI=1S/C22H31N7O/c1-29(17-7-9-18(30-2)10-8-17)21-19-5-3-4-6-20(19)27-22(28-21)26-16-15-25-14-13-24-12-11-23/h3-10,24-25H,11-16,23H2,1-2H3,(H,26,27,28). The molecule has 0 aliphatic carbocycles. The van der Waals surface area contributed by atoms with Crippen molar-refractivity contribution in [1.29, 1.82) is 0 Å². The molecule has 8 heteroatoms. The number of hydrogen-bond donors (Lipinski definition) is 4. The van der Waals surface area contributed by atoms with Crippen LogP contribution < -0.4 is 31.3 Å². The minimum Gasteiger partial charge on any atom is -0.497 e. The molecule has 0 amide bonds. The molecule has 2 aromatic carbocycles. The Hall–Kier alpha value is -2.94. The average molecular weight is 410 g/mol. The van der Waals surface area contributed by atoms with Gasteiger partial charge in [-0.15, -0.1) is 0 Å². The number of hydrogen-bond acceptors (Lipinski definition) is 8. The Balaban J connectivity index is 1.69. The molecule has 160 valence electrons. The molecular formula is C22H31N7O. The van der Waals surface area contributed by atoms with Gasteiger partial charge >= 0.3 is 0 Å². The molecule has 30 heavy (non-hydrogen) atoms. The van der Waals surface area contributed by atoms with E-state index in [0.717, 1.165) is 60.9 Å². The van der Waals surface area contributed by atoms with Crippen molar-refractivity contribution in [2.45, 2.75) is 0 Å². The van der Waals surface area contributed by atoms with Crippen LogP contribution in [0.4, 0.5) is 17.5 Å². The molecule has 5 N–H and O–H groups in total. The van der Waals surface area contributed by atoms with Crippen LogP contribution in [0, 0.1) is 0 Å². The Bertz CT molecular complexity index is 917. The molecule has 0 atom stereocenters. The van der Waals surface area contributed by atoms with Crippen LogP contribution in [0.1, 0.15) is 0 Å². The van der Waals surface area contributed by atoms with Crippen LogP contribution in [0.5, 0.6) is 5.75 Å². The summed E-state index contributed by atoms with van der Waals surface area (Å²) in [6, 6.07) is 16.0. The Kier molecular flexibility index (Phi) is 8.20. The fourth-order valence-corrected chi connectivity index (χ4v) is 3.11. The quantitative estimate of drug-likeness (QED) is 0.337. The second kappa shape index (κ2) is 11.3. The Labute approximate surface area is 177 Å². The lowest BCUT2D eigenvalue weighted by Gasteiger charge is -2.21. The summed E-state index contributed by atoms with van der Waals surface area (Å²) < 4.78 is 5.27. The highest BCUT2D eigenvalue weighted by Crippen LogP contribution is 2.30. The van der Waals surface area contributed by atoms with Crippen molar-refractivity contribution in [3.8, 4) is 5.75 Å². The second-order valence-corrected chi connectivity index (χ2v) is 6.86. The van der Waals surface area contributed by atoms with Crippen molar-refractivity contribution in [2.75, 3.05) is 63.6 Å². The highest BCUT2D eigenvalue weighted by atomic mass is 16.5. The monoisotopic (exact) mass is 409 g/mol. The number of methoxy groups -OCH3 is 1. The molecule has 0 saturated carbocycles. The summed E-state index contributed by atoms with van der Waals surface area (Å²) in [5.41, 5.74) is 7.39. The number of ether oxygens (including phenoxy) is 1. The Morgan fingerprint density at radius 1 is 0.900 bits per heavy atom. The van der Waals surface area contributed by atoms with Crippen LogP contribution in [0.25, 0.3) is 10.9 Å². The maximum Gasteiger partial charge on any atom is 0.225 e. The molecule has 0 bridgehead atoms. The molecule has 1 heterocycles. The molecule has 0 unspecified atom stereocenters. The summed E-state index contributed by atoms with van der Waals surface area (Å²) in [4.78, 5) is 11.5. The average Bonchev–Trinajstić information content (AvgIpc) is 2.80. The van der Waals surface area contributed by atoms with Gasteiger partial charge in [0.1, 0.15) is 11.6 Å². The number of nitrogens with one attached hydrogen (secondary N) is 3. The zero-order chi connectivity index (χ0) is 21.2. The number of rotatable bonds is 12. The van der Waals surface area contributed by atoms with Gasteiger partial charge in [0.15, 0.2) is 0 Å². The summed E-state index contributed by atoms with van der Waals surface area (Å²) in [5, 5.41) is 11.0. The predicted octanol–water partition coefficient (Wildman–Crippen LogP) is 1.96. The molecule has 3 rings (SSSR count). The zero-order valence-electron chi connectivity index (χ0n) is 17.7. The maximum atomic E-state index is 5.46. The van der Waals surface area contributed by atoms with Gasteiger partial charge in [-0.1, -0.05) is 12.1 Å². The lowest BCUT2D eigenvalue weighted by molar-refractivity contribution is 0.415. The summed E-state index contributed by atoms with van der Waals surface area (Å²) in [6.07, 6.45) is 0. The number of fused-ring (bicyclic) bond motifs is 1. The highest BCUT2D eigenvalue weighted by Gasteiger charge is 2.13. The number of benzene rings is 2. The predicted molar refractivity (Wildman–Crippen MR) is 124 cm³/mol. The van der Waals surface area contributed by atoms with Gasteiger partial charge in [0.25, 0.3) is 0 Å². The molecule has 0 spiro atoms. The largest absolute Gasteiger partial charge is 0.497 e. The van der Waals surface area contributed by atoms with E-state index in [9.17, 15) is 0 Å². The lowest BCUT2D eigenvalue weighted by Crippen LogP contribution is -2.32. The number of anilines is 3. The molecular weight excluding hydrogens is 378 g/mol. The van der Waals surface area contributed by atoms with Crippen molar-refractivity contribution < 1.29 is 4.74 Å². The first-order valence-electron chi connectivity index (χ1n) is 10.2. The molecule has 0 aliphatic rings. The summed E-state index contributed by atoms with van der Waals surface area (Å²) in [5.74, 6) is 2.30. The first-order chi connectivity index (χ1) is 14.7. The number of aromatic nitrogens is 2. The Morgan fingerprint density at radius 3 is 2.33 bits per heavy atom. The normalized spacial score (nSPS) is 10.9. The molecule has 1 aromatic heterocycles. The first-order valence-corrected chi connectivity index (χ1v) is 10.2. The topological polar surface area (TPSA) is 100 Å². The molecule has 0 aliphatic heterocycles. The third-order valence-electron chi connectivity index (χ3n) is 4.75. The van der Waals surface area contributed by atoms with Crippen LogP contribution >= 0.6 is 0 Å². The van der Waals surface area contributed by atoms with Crippen molar-refractivity contribution in [1.82, 2.24) is 20.6 Å². The van der Waals surface area contributed by atoms with E-state index >= 15 is 0 Å². The van der Waals surface area contributed by atoms with Crippen LogP contribution in [0.15, 0.2) is 48.5 Å². The van der Waals surface area contributed by atoms with Crippen molar-refractivity contribution in [3.05, 3.63) is 48.5 Å². The number of nitrogens with zero attached hydrogens (tertiary/aromatic N) is 3. The fourth-order valence-electron chi connectivity index (χ4n) is 3.11. The number of nitrogens with two attached hydrogens (primary N) is 1. The van der Waals surface area contributed by atoms with Crippen molar-refractivity contribution in [3.63, 3.8) is 0 Å². The van der Waals surface area contributed by atoms with Crippen LogP contribution in [-0.4, -0.2) is 63.4 Å². The van der Waals surface area contributed by atoms with Crippen LogP contribution in [0.2, 0.25) is 0 Å². The SMILES string of the molecule is COc1ccc(N(C)c2nc(NCCNCCNCCN)nc3ccccc23)cc1. The summed E-state index contributed by atoms with van der Waals surface area (Å²) >= 11 is 0. The van der Waals surface area contributed by atoms with Gasteiger partial charge in [0.2, 0.25) is 5.95 Å². The van der Waals surface area contributed by atoms with Gasteiger partial charge in [-0.25, -0.2) is 4.98 Å². The second-order valence-electron chi connectivity index (χ2n) is 6.86. The summed E-state index contributed by atoms with van der Waals surface area (Å²) in [7, 11) is 3.68. The van der Waals surface area contributed by atoms with Gasteiger partial charge in [0.05, 0.1) is 12.6 Å². The minimum absolute atomic E-state index is 0.618. The van der Waals surface area contributed by atoms with E-state index in [2.05, 4.69) is 25.8 Å². The van der Waals surface area contributed by atoms with E-state index < -0.39 is 0 Å². The molecule has 0 saturated heterocycles. The zero-order valence-corrected chi connectivity index (χ0v) is 17.7. The van der Waals surface area contributed by atoms with E-state index in [4.69, 9.17) is 15.5 Å². The number of para-hydroxylation sites is 1. The maximum absolute atomic E-state index is 5.46. The van der Waals surface area contributed by atoms with E-state index in [1.165, 1.54) is 0 Å². The summed E-state index contributed by atoms with van der Waals surface area (Å²) in [6.45, 7) is 4.86. The van der Waals surface area contributed by atoms with E-state index in [1.807, 2.05) is 55.6 Å². The van der Waals surface area contributed by atoms with Crippen molar-refractivity contribution in [2.24, 2.45) is 5.73 Å². The van der Waals surface area contributed by atoms with Gasteiger partial charge in [-0.2, -0.15) is 4.98 Å². The van der Waals surface area contributed by atoms with Gasteiger partial charge < -0.3 is 31.3 Å². The molecule has 8 nitrogen and oxygen atoms in total. The van der Waals surface area contributed by atoms with Crippen LogP contribution in [-0.2, 0) is 0 Å². The molecule has 3 aromatic rings. The van der Waals surface area contributed by atoms with Gasteiger partial charge in [-0.05, 0) is 36.4 Å². The lowest BCUT2D eigenvalue weighted by atomic mass is 10.2. The van der Waals surface area contributed by atoms with Gasteiger partial charge in [-0.3, -0.25) is 0 Å². The first kappa shape index (κ1) is 21.8. The molecule has 0 radical (unpaired) electrons. The molecule has 0 fully saturated rings. The third-order valence-corrected chi connectivity index (χ3v) is 4.75. The van der Waals surface area contributed by atoms with Crippen molar-refractivity contribution >= 4 is 28.4 Å². The van der Waals surface area contributed by atoms with Gasteiger partial charge in [0, 0.05) is 57.4 Å². The van der Waals surface area contributed by atoms with E-state index in [-0.39, 0.29) is 0 Å². The third kappa shape index (κ3) is 5.79. The van der Waals surface area contributed by atoms with Crippen LogP contribution in [0.3, 0.4) is 0 Å². The Morgan fingerprint density at radius 2 is 1.60 bits per heavy atom.